The molecule has 0 unspecified atom stereocenters. The normalized spacial score (nSPS) is 11.0. The van der Waals surface area contributed by atoms with Crippen LogP contribution in [0.5, 0.6) is 0 Å². The Kier molecular flexibility index (Phi) is 4.70. The van der Waals surface area contributed by atoms with Crippen LogP contribution < -0.4 is 10.9 Å². The molecule has 1 aromatic heterocycles. The number of benzene rings is 2. The minimum atomic E-state index is -0.0223. The lowest BCUT2D eigenvalue weighted by molar-refractivity contribution is 1.03. The Morgan fingerprint density at radius 3 is 2.33 bits per heavy atom. The maximum Gasteiger partial charge on any atom is 0.253 e. The van der Waals surface area contributed by atoms with Gasteiger partial charge < -0.3 is 10.3 Å². The minimum Gasteiger partial charge on any atom is -0.380 e. The zero-order valence-electron chi connectivity index (χ0n) is 14.6. The molecule has 0 saturated carbocycles. The van der Waals surface area contributed by atoms with Crippen LogP contribution in [0.4, 0.5) is 5.69 Å². The lowest BCUT2D eigenvalue weighted by Crippen LogP contribution is -2.16. The maximum absolute atomic E-state index is 12.4. The molecule has 24 heavy (non-hydrogen) atoms. The monoisotopic (exact) mass is 320 g/mol. The molecule has 3 rings (SSSR count). The number of anilines is 1. The molecule has 0 radical (unpaired) electrons. The Morgan fingerprint density at radius 1 is 0.958 bits per heavy atom. The highest BCUT2D eigenvalue weighted by molar-refractivity contribution is 5.79. The number of H-pyrrole nitrogens is 1. The van der Waals surface area contributed by atoms with Gasteiger partial charge in [0.15, 0.2) is 0 Å². The summed E-state index contributed by atoms with van der Waals surface area (Å²) in [5, 5.41) is 4.58. The largest absolute Gasteiger partial charge is 0.380 e. The molecule has 3 aromatic rings. The van der Waals surface area contributed by atoms with E-state index in [0.717, 1.165) is 29.3 Å². The summed E-state index contributed by atoms with van der Waals surface area (Å²) in [7, 11) is 0. The Balaban J connectivity index is 1.94. The van der Waals surface area contributed by atoms with Crippen molar-refractivity contribution in [1.29, 1.82) is 0 Å². The number of fused-ring (bicyclic) bond motifs is 1. The topological polar surface area (TPSA) is 44.9 Å². The van der Waals surface area contributed by atoms with Gasteiger partial charge in [0.25, 0.3) is 5.56 Å². The lowest BCUT2D eigenvalue weighted by Gasteiger charge is -2.15. The van der Waals surface area contributed by atoms with Crippen LogP contribution in [0.3, 0.4) is 0 Å². The van der Waals surface area contributed by atoms with E-state index in [0.29, 0.717) is 6.54 Å². The molecule has 0 aliphatic rings. The van der Waals surface area contributed by atoms with E-state index in [2.05, 4.69) is 55.3 Å². The predicted molar refractivity (Wildman–Crippen MR) is 102 cm³/mol. The molecule has 0 aliphatic carbocycles. The number of aromatic amines is 1. The van der Waals surface area contributed by atoms with Gasteiger partial charge in [-0.1, -0.05) is 43.7 Å². The highest BCUT2D eigenvalue weighted by Crippen LogP contribution is 2.23. The van der Waals surface area contributed by atoms with Crippen LogP contribution in [-0.4, -0.2) is 4.98 Å². The molecule has 3 nitrogen and oxygen atoms in total. The molecule has 1 heterocycles. The van der Waals surface area contributed by atoms with Crippen molar-refractivity contribution in [1.82, 2.24) is 4.98 Å². The summed E-state index contributed by atoms with van der Waals surface area (Å²) in [6, 6.07) is 14.5. The fraction of sp³-hybridized carbons (Fsp3) is 0.286. The fourth-order valence-corrected chi connectivity index (χ4v) is 3.16. The molecule has 0 amide bonds. The molecule has 2 aromatic carbocycles. The van der Waals surface area contributed by atoms with Gasteiger partial charge in [-0.15, -0.1) is 0 Å². The smallest absolute Gasteiger partial charge is 0.253 e. The molecule has 124 valence electrons. The summed E-state index contributed by atoms with van der Waals surface area (Å²) >= 11 is 0. The van der Waals surface area contributed by atoms with Gasteiger partial charge in [-0.25, -0.2) is 0 Å². The second-order valence-corrected chi connectivity index (χ2v) is 6.23. The van der Waals surface area contributed by atoms with Crippen molar-refractivity contribution in [2.24, 2.45) is 0 Å². The quantitative estimate of drug-likeness (QED) is 0.723. The van der Waals surface area contributed by atoms with E-state index in [1.54, 1.807) is 0 Å². The number of para-hydroxylation sites is 1. The highest BCUT2D eigenvalue weighted by atomic mass is 16.1. The highest BCUT2D eigenvalue weighted by Gasteiger charge is 2.08. The molecular weight excluding hydrogens is 296 g/mol. The zero-order valence-corrected chi connectivity index (χ0v) is 14.6. The van der Waals surface area contributed by atoms with Crippen LogP contribution >= 0.6 is 0 Å². The molecule has 3 heteroatoms. The van der Waals surface area contributed by atoms with Gasteiger partial charge in [0.2, 0.25) is 0 Å². The summed E-state index contributed by atoms with van der Waals surface area (Å²) in [5.41, 5.74) is 6.58. The van der Waals surface area contributed by atoms with Crippen LogP contribution in [0.25, 0.3) is 10.9 Å². The number of aromatic nitrogens is 1. The summed E-state index contributed by atoms with van der Waals surface area (Å²) < 4.78 is 0. The third-order valence-electron chi connectivity index (χ3n) is 4.53. The minimum absolute atomic E-state index is 0.0223. The number of rotatable bonds is 5. The Bertz CT molecular complexity index is 903. The van der Waals surface area contributed by atoms with Crippen molar-refractivity contribution in [2.45, 2.75) is 40.2 Å². The molecule has 0 bridgehead atoms. The average Bonchev–Trinajstić information content (AvgIpc) is 2.59. The summed E-state index contributed by atoms with van der Waals surface area (Å²) in [5.74, 6) is 0. The SMILES string of the molecule is CCc1cccc(CC)c1NCc1cc2cc(C)ccc2[nH]c1=O. The van der Waals surface area contributed by atoms with Crippen molar-refractivity contribution in [2.75, 3.05) is 5.32 Å². The predicted octanol–water partition coefficient (Wildman–Crippen LogP) is 4.57. The van der Waals surface area contributed by atoms with E-state index in [1.165, 1.54) is 22.4 Å². The van der Waals surface area contributed by atoms with E-state index >= 15 is 0 Å². The van der Waals surface area contributed by atoms with Gasteiger partial charge in [-0.05, 0) is 54.5 Å². The molecule has 0 aliphatic heterocycles. The number of nitrogens with one attached hydrogen (secondary N) is 2. The molecular formula is C21H24N2O. The standard InChI is InChI=1S/C21H24N2O/c1-4-15-7-6-8-16(5-2)20(15)22-13-18-12-17-11-14(3)9-10-19(17)23-21(18)24/h6-12,22H,4-5,13H2,1-3H3,(H,23,24). The summed E-state index contributed by atoms with van der Waals surface area (Å²) in [4.78, 5) is 15.3. The maximum atomic E-state index is 12.4. The zero-order chi connectivity index (χ0) is 17.1. The van der Waals surface area contributed by atoms with Crippen LogP contribution in [0.15, 0.2) is 47.3 Å². The van der Waals surface area contributed by atoms with E-state index in [9.17, 15) is 4.79 Å². The average molecular weight is 320 g/mol. The number of hydrogen-bond acceptors (Lipinski definition) is 2. The van der Waals surface area contributed by atoms with E-state index in [1.807, 2.05) is 18.2 Å². The first-order chi connectivity index (χ1) is 11.6. The van der Waals surface area contributed by atoms with Gasteiger partial charge in [-0.3, -0.25) is 4.79 Å². The van der Waals surface area contributed by atoms with E-state index < -0.39 is 0 Å². The first-order valence-electron chi connectivity index (χ1n) is 8.59. The van der Waals surface area contributed by atoms with Gasteiger partial charge in [0, 0.05) is 23.3 Å². The molecule has 0 saturated heterocycles. The van der Waals surface area contributed by atoms with Gasteiger partial charge in [0.05, 0.1) is 0 Å². The summed E-state index contributed by atoms with van der Waals surface area (Å²) in [6.07, 6.45) is 1.95. The first kappa shape index (κ1) is 16.3. The molecule has 0 spiro atoms. The van der Waals surface area contributed by atoms with Crippen molar-refractivity contribution in [3.05, 3.63) is 75.1 Å². The van der Waals surface area contributed by atoms with Crippen LogP contribution in [0.1, 0.15) is 36.1 Å². The third kappa shape index (κ3) is 3.21. The number of pyridine rings is 1. The van der Waals surface area contributed by atoms with Crippen LogP contribution in [-0.2, 0) is 19.4 Å². The van der Waals surface area contributed by atoms with Gasteiger partial charge >= 0.3 is 0 Å². The Labute approximate surface area is 142 Å². The second-order valence-electron chi connectivity index (χ2n) is 6.23. The Hall–Kier alpha value is -2.55. The fourth-order valence-electron chi connectivity index (χ4n) is 3.16. The molecule has 0 atom stereocenters. The molecule has 2 N–H and O–H groups in total. The van der Waals surface area contributed by atoms with Crippen molar-refractivity contribution in [3.8, 4) is 0 Å². The lowest BCUT2D eigenvalue weighted by atomic mass is 10.0. The second kappa shape index (κ2) is 6.91. The first-order valence-corrected chi connectivity index (χ1v) is 8.59. The van der Waals surface area contributed by atoms with E-state index in [-0.39, 0.29) is 5.56 Å². The van der Waals surface area contributed by atoms with Gasteiger partial charge in [0.1, 0.15) is 0 Å². The van der Waals surface area contributed by atoms with Crippen molar-refractivity contribution < 1.29 is 0 Å². The summed E-state index contributed by atoms with van der Waals surface area (Å²) in [6.45, 7) is 6.91. The number of hydrogen-bond donors (Lipinski definition) is 2. The molecule has 0 fully saturated rings. The Morgan fingerprint density at radius 2 is 1.67 bits per heavy atom. The van der Waals surface area contributed by atoms with Gasteiger partial charge in [-0.2, -0.15) is 0 Å². The van der Waals surface area contributed by atoms with Crippen LogP contribution in [0.2, 0.25) is 0 Å². The number of aryl methyl sites for hydroxylation is 3. The van der Waals surface area contributed by atoms with Crippen molar-refractivity contribution >= 4 is 16.6 Å². The third-order valence-corrected chi connectivity index (χ3v) is 4.53. The van der Waals surface area contributed by atoms with E-state index in [4.69, 9.17) is 0 Å². The van der Waals surface area contributed by atoms with Crippen LogP contribution in [0, 0.1) is 6.92 Å². The van der Waals surface area contributed by atoms with Crippen molar-refractivity contribution in [3.63, 3.8) is 0 Å².